The van der Waals surface area contributed by atoms with Crippen molar-refractivity contribution in [2.45, 2.75) is 123 Å². The van der Waals surface area contributed by atoms with Gasteiger partial charge in [-0.05, 0) is 5.41 Å². The quantitative estimate of drug-likeness (QED) is 0.223. The van der Waals surface area contributed by atoms with Crippen LogP contribution in [0, 0.1) is 10.8 Å². The molecule has 2 heterocycles. The molecule has 242 valence electrons. The maximum absolute atomic E-state index is 12.2. The van der Waals surface area contributed by atoms with Crippen LogP contribution in [0.15, 0.2) is 0 Å². The fourth-order valence-electron chi connectivity index (χ4n) is 5.25. The molecular weight excluding hydrogens is 560 g/mol. The predicted octanol–water partition coefficient (Wildman–Crippen LogP) is 0.0510. The third-order valence-electron chi connectivity index (χ3n) is 7.13. The summed E-state index contributed by atoms with van der Waals surface area (Å²) in [6.45, 7) is 12.4. The Morgan fingerprint density at radius 1 is 0.667 bits per heavy atom. The fourth-order valence-corrected chi connectivity index (χ4v) is 5.25. The molecule has 0 bridgehead atoms. The van der Waals surface area contributed by atoms with E-state index in [9.17, 15) is 34.5 Å². The number of ether oxygens (including phenoxy) is 7. The summed E-state index contributed by atoms with van der Waals surface area (Å²) in [7, 11) is 0. The van der Waals surface area contributed by atoms with Crippen LogP contribution < -0.4 is 0 Å². The number of carbonyl (C=O) groups is 4. The molecule has 2 aliphatic rings. The van der Waals surface area contributed by atoms with Gasteiger partial charge in [-0.2, -0.15) is 0 Å². The second kappa shape index (κ2) is 14.4. The van der Waals surface area contributed by atoms with Gasteiger partial charge in [0.2, 0.25) is 0 Å². The van der Waals surface area contributed by atoms with Crippen LogP contribution in [0.5, 0.6) is 0 Å². The first-order chi connectivity index (χ1) is 19.3. The first-order valence-corrected chi connectivity index (χ1v) is 13.8. The number of hydrogen-bond donors (Lipinski definition) is 3. The van der Waals surface area contributed by atoms with E-state index in [0.29, 0.717) is 0 Å². The highest BCUT2D eigenvalue weighted by Crippen LogP contribution is 2.40. The number of hydrogen-bond acceptors (Lipinski definition) is 14. The van der Waals surface area contributed by atoms with Crippen molar-refractivity contribution >= 4 is 23.9 Å². The van der Waals surface area contributed by atoms with Gasteiger partial charge in [0.05, 0.1) is 19.3 Å². The van der Waals surface area contributed by atoms with Gasteiger partial charge in [-0.1, -0.05) is 34.6 Å². The van der Waals surface area contributed by atoms with Crippen LogP contribution in [0.25, 0.3) is 0 Å². The molecule has 42 heavy (non-hydrogen) atoms. The third kappa shape index (κ3) is 9.07. The van der Waals surface area contributed by atoms with E-state index in [1.807, 2.05) is 20.8 Å². The third-order valence-corrected chi connectivity index (χ3v) is 7.13. The van der Waals surface area contributed by atoms with Crippen molar-refractivity contribution in [3.63, 3.8) is 0 Å². The van der Waals surface area contributed by atoms with Crippen LogP contribution >= 0.6 is 0 Å². The van der Waals surface area contributed by atoms with Crippen molar-refractivity contribution in [3.8, 4) is 0 Å². The molecule has 0 aromatic rings. The van der Waals surface area contributed by atoms with Gasteiger partial charge in [0.15, 0.2) is 18.3 Å². The Morgan fingerprint density at radius 2 is 1.17 bits per heavy atom. The van der Waals surface area contributed by atoms with Crippen LogP contribution in [-0.2, 0) is 52.3 Å². The van der Waals surface area contributed by atoms with Gasteiger partial charge >= 0.3 is 23.9 Å². The molecular formula is C28H46O14. The second-order valence-electron chi connectivity index (χ2n) is 12.5. The highest BCUT2D eigenvalue weighted by Gasteiger charge is 2.57. The summed E-state index contributed by atoms with van der Waals surface area (Å²) in [5.74, 6) is -2.88. The average Bonchev–Trinajstić information content (AvgIpc) is 2.83. The molecule has 0 aliphatic carbocycles. The highest BCUT2D eigenvalue weighted by molar-refractivity contribution is 5.68. The van der Waals surface area contributed by atoms with E-state index < -0.39 is 102 Å². The topological polar surface area (TPSA) is 194 Å². The second-order valence-corrected chi connectivity index (χ2v) is 12.5. The Labute approximate surface area is 245 Å². The Bertz CT molecular complexity index is 959. The first-order valence-electron chi connectivity index (χ1n) is 13.8. The lowest BCUT2D eigenvalue weighted by Gasteiger charge is -2.50. The number of carbonyl (C=O) groups excluding carboxylic acids is 4. The zero-order valence-electron chi connectivity index (χ0n) is 25.7. The van der Waals surface area contributed by atoms with Gasteiger partial charge in [0, 0.05) is 33.1 Å². The first kappa shape index (κ1) is 35.8. The van der Waals surface area contributed by atoms with E-state index in [1.165, 1.54) is 6.92 Å². The molecule has 2 saturated heterocycles. The minimum absolute atomic E-state index is 0.200. The smallest absolute Gasteiger partial charge is 0.303 e. The number of esters is 4. The summed E-state index contributed by atoms with van der Waals surface area (Å²) in [4.78, 5) is 47.9. The predicted molar refractivity (Wildman–Crippen MR) is 143 cm³/mol. The zero-order chi connectivity index (χ0) is 32.2. The Balaban J connectivity index is 2.47. The highest BCUT2D eigenvalue weighted by atomic mass is 16.7. The molecule has 0 aromatic carbocycles. The van der Waals surface area contributed by atoms with E-state index in [1.54, 1.807) is 13.8 Å². The molecule has 10 unspecified atom stereocenters. The van der Waals surface area contributed by atoms with Gasteiger partial charge in [-0.25, -0.2) is 0 Å². The van der Waals surface area contributed by atoms with Gasteiger partial charge < -0.3 is 48.5 Å². The summed E-state index contributed by atoms with van der Waals surface area (Å²) >= 11 is 0. The minimum Gasteiger partial charge on any atom is -0.463 e. The summed E-state index contributed by atoms with van der Waals surface area (Å²) in [6.07, 6.45) is -11.8. The van der Waals surface area contributed by atoms with Crippen LogP contribution in [0.1, 0.15) is 62.3 Å². The summed E-state index contributed by atoms with van der Waals surface area (Å²) in [5.41, 5.74) is -1.66. The van der Waals surface area contributed by atoms with Crippen LogP contribution in [0.4, 0.5) is 0 Å². The zero-order valence-corrected chi connectivity index (χ0v) is 25.7. The van der Waals surface area contributed by atoms with Crippen molar-refractivity contribution in [2.75, 3.05) is 19.8 Å². The van der Waals surface area contributed by atoms with Crippen molar-refractivity contribution in [1.82, 2.24) is 0 Å². The molecule has 0 aromatic heterocycles. The average molecular weight is 607 g/mol. The van der Waals surface area contributed by atoms with Gasteiger partial charge in [0.1, 0.15) is 43.2 Å². The van der Waals surface area contributed by atoms with Crippen molar-refractivity contribution in [1.29, 1.82) is 0 Å². The molecule has 0 spiro atoms. The molecule has 10 atom stereocenters. The molecule has 0 amide bonds. The standard InChI is InChI=1S/C28H46O14/c1-13(30)36-11-18-21(38-14(2)31)23(39-15(3)32)24(40-16(4)33)26(42-18)28(8,9)12-37-22-19(34)17(10-29)41-25(20(22)35)27(5,6)7/h17-26,29,34-35H,10-12H2,1-9H3. The maximum atomic E-state index is 12.2. The maximum Gasteiger partial charge on any atom is 0.303 e. The normalized spacial score (nSPS) is 33.8. The SMILES string of the molecule is CC(=O)OCC1OC(C(C)(C)COC2C(O)C(CO)OC(C(C)(C)C)C2O)C(OC(C)=O)C(OC(C)=O)C1OC(C)=O. The summed E-state index contributed by atoms with van der Waals surface area (Å²) in [5, 5.41) is 31.8. The lowest BCUT2D eigenvalue weighted by molar-refractivity contribution is -0.285. The van der Waals surface area contributed by atoms with E-state index in [0.717, 1.165) is 20.8 Å². The van der Waals surface area contributed by atoms with Gasteiger partial charge in [-0.15, -0.1) is 0 Å². The van der Waals surface area contributed by atoms with Gasteiger partial charge in [-0.3, -0.25) is 19.2 Å². The van der Waals surface area contributed by atoms with Crippen LogP contribution in [-0.4, -0.2) is 120 Å². The molecule has 3 N–H and O–H groups in total. The largest absolute Gasteiger partial charge is 0.463 e. The number of aliphatic hydroxyl groups is 3. The Morgan fingerprint density at radius 3 is 1.64 bits per heavy atom. The Kier molecular flexibility index (Phi) is 12.3. The number of rotatable bonds is 10. The van der Waals surface area contributed by atoms with Crippen molar-refractivity contribution in [3.05, 3.63) is 0 Å². The lowest BCUT2D eigenvalue weighted by atomic mass is 9.78. The molecule has 2 rings (SSSR count). The van der Waals surface area contributed by atoms with E-state index in [-0.39, 0.29) is 13.2 Å². The number of aliphatic hydroxyl groups excluding tert-OH is 3. The molecule has 0 radical (unpaired) electrons. The molecule has 2 aliphatic heterocycles. The van der Waals surface area contributed by atoms with E-state index >= 15 is 0 Å². The molecule has 0 saturated carbocycles. The Hall–Kier alpha value is -2.36. The summed E-state index contributed by atoms with van der Waals surface area (Å²) in [6, 6.07) is 0. The minimum atomic E-state index is -1.38. The molecule has 2 fully saturated rings. The fraction of sp³-hybridized carbons (Fsp3) is 0.857. The van der Waals surface area contributed by atoms with E-state index in [4.69, 9.17) is 33.2 Å². The molecule has 14 nitrogen and oxygen atoms in total. The van der Waals surface area contributed by atoms with E-state index in [2.05, 4.69) is 0 Å². The monoisotopic (exact) mass is 606 g/mol. The lowest BCUT2D eigenvalue weighted by Crippen LogP contribution is -2.66. The van der Waals surface area contributed by atoms with Crippen LogP contribution in [0.3, 0.4) is 0 Å². The van der Waals surface area contributed by atoms with Crippen molar-refractivity contribution in [2.24, 2.45) is 10.8 Å². The molecule has 14 heteroatoms. The van der Waals surface area contributed by atoms with Crippen molar-refractivity contribution < 1.29 is 67.7 Å². The van der Waals surface area contributed by atoms with Crippen LogP contribution in [0.2, 0.25) is 0 Å². The summed E-state index contributed by atoms with van der Waals surface area (Å²) < 4.78 is 39.8. The van der Waals surface area contributed by atoms with Gasteiger partial charge in [0.25, 0.3) is 0 Å².